The molecule has 0 aromatic carbocycles. The highest BCUT2D eigenvalue weighted by molar-refractivity contribution is 5.88. The molecule has 0 saturated heterocycles. The second-order valence-electron chi connectivity index (χ2n) is 4.26. The lowest BCUT2D eigenvalue weighted by molar-refractivity contribution is -0.137. The van der Waals surface area contributed by atoms with Gasteiger partial charge in [0.15, 0.2) is 5.78 Å². The van der Waals surface area contributed by atoms with Crippen molar-refractivity contribution in [2.75, 3.05) is 0 Å². The fourth-order valence-electron chi connectivity index (χ4n) is 1.98. The summed E-state index contributed by atoms with van der Waals surface area (Å²) in [5.74, 6) is -0.204. The average molecular weight is 223 g/mol. The summed E-state index contributed by atoms with van der Waals surface area (Å²) >= 11 is 0. The van der Waals surface area contributed by atoms with Crippen LogP contribution in [0.25, 0.3) is 0 Å². The molecule has 0 radical (unpaired) electrons. The third-order valence-electron chi connectivity index (χ3n) is 2.92. The lowest BCUT2D eigenvalue weighted by atomic mass is 9.90. The molecular weight excluding hydrogens is 207 g/mol. The third-order valence-corrected chi connectivity index (χ3v) is 2.92. The van der Waals surface area contributed by atoms with Crippen molar-refractivity contribution in [3.05, 3.63) is 0 Å². The van der Waals surface area contributed by atoms with Crippen LogP contribution in [-0.4, -0.2) is 17.5 Å². The fourth-order valence-corrected chi connectivity index (χ4v) is 1.98. The molecular formula is C10H16F3NO. The van der Waals surface area contributed by atoms with Crippen LogP contribution >= 0.6 is 0 Å². The van der Waals surface area contributed by atoms with Gasteiger partial charge in [-0.2, -0.15) is 13.2 Å². The average Bonchev–Trinajstić information content (AvgIpc) is 2.51. The summed E-state index contributed by atoms with van der Waals surface area (Å²) in [6.07, 6.45) is -2.19. The maximum Gasteiger partial charge on any atom is 0.389 e. The highest BCUT2D eigenvalue weighted by atomic mass is 19.4. The molecule has 0 atom stereocenters. The van der Waals surface area contributed by atoms with Crippen molar-refractivity contribution in [1.82, 2.24) is 0 Å². The zero-order chi connectivity index (χ0) is 11.5. The van der Waals surface area contributed by atoms with Crippen molar-refractivity contribution in [2.24, 2.45) is 5.73 Å². The summed E-state index contributed by atoms with van der Waals surface area (Å²) < 4.78 is 35.5. The van der Waals surface area contributed by atoms with Crippen molar-refractivity contribution in [2.45, 2.75) is 56.7 Å². The molecule has 1 saturated carbocycles. The maximum atomic E-state index is 11.8. The first kappa shape index (κ1) is 12.5. The first-order valence-corrected chi connectivity index (χ1v) is 5.22. The summed E-state index contributed by atoms with van der Waals surface area (Å²) in [6.45, 7) is 0. The Kier molecular flexibility index (Phi) is 3.76. The Hall–Kier alpha value is -0.580. The molecule has 1 fully saturated rings. The second-order valence-corrected chi connectivity index (χ2v) is 4.26. The highest BCUT2D eigenvalue weighted by Crippen LogP contribution is 2.30. The van der Waals surface area contributed by atoms with Crippen LogP contribution in [0.5, 0.6) is 0 Å². The van der Waals surface area contributed by atoms with Crippen LogP contribution in [0.1, 0.15) is 44.9 Å². The molecule has 1 rings (SSSR count). The van der Waals surface area contributed by atoms with Crippen LogP contribution < -0.4 is 5.73 Å². The van der Waals surface area contributed by atoms with E-state index in [9.17, 15) is 18.0 Å². The Morgan fingerprint density at radius 2 is 1.80 bits per heavy atom. The number of Topliss-reactive ketones (excluding diaryl/α,β-unsaturated/α-hetero) is 1. The molecule has 88 valence electrons. The van der Waals surface area contributed by atoms with Crippen LogP contribution in [0.4, 0.5) is 13.2 Å². The topological polar surface area (TPSA) is 43.1 Å². The minimum Gasteiger partial charge on any atom is -0.319 e. The van der Waals surface area contributed by atoms with E-state index in [-0.39, 0.29) is 18.6 Å². The number of rotatable bonds is 4. The molecule has 1 aliphatic carbocycles. The van der Waals surface area contributed by atoms with Crippen LogP contribution in [0.2, 0.25) is 0 Å². The van der Waals surface area contributed by atoms with E-state index in [0.29, 0.717) is 12.8 Å². The van der Waals surface area contributed by atoms with Crippen LogP contribution in [0, 0.1) is 0 Å². The second kappa shape index (κ2) is 4.51. The molecule has 0 amide bonds. The van der Waals surface area contributed by atoms with E-state index in [0.717, 1.165) is 12.8 Å². The number of carbonyl (C=O) groups excluding carboxylic acids is 1. The predicted molar refractivity (Wildman–Crippen MR) is 50.3 cm³/mol. The molecule has 0 heterocycles. The van der Waals surface area contributed by atoms with E-state index in [1.807, 2.05) is 0 Å². The van der Waals surface area contributed by atoms with E-state index in [1.54, 1.807) is 0 Å². The molecule has 0 unspecified atom stereocenters. The summed E-state index contributed by atoms with van der Waals surface area (Å²) in [5, 5.41) is 0. The molecule has 0 bridgehead atoms. The number of nitrogens with two attached hydrogens (primary N) is 1. The van der Waals surface area contributed by atoms with Gasteiger partial charge in [0.1, 0.15) is 0 Å². The number of halogens is 3. The lowest BCUT2D eigenvalue weighted by Gasteiger charge is -2.21. The summed E-state index contributed by atoms with van der Waals surface area (Å²) in [4.78, 5) is 11.6. The van der Waals surface area contributed by atoms with Crippen molar-refractivity contribution in [1.29, 1.82) is 0 Å². The van der Waals surface area contributed by atoms with E-state index in [2.05, 4.69) is 0 Å². The van der Waals surface area contributed by atoms with Gasteiger partial charge in [0.25, 0.3) is 0 Å². The van der Waals surface area contributed by atoms with Crippen molar-refractivity contribution < 1.29 is 18.0 Å². The molecule has 2 N–H and O–H groups in total. The molecule has 5 heteroatoms. The number of carbonyl (C=O) groups is 1. The number of alkyl halides is 3. The largest absolute Gasteiger partial charge is 0.389 e. The monoisotopic (exact) mass is 223 g/mol. The van der Waals surface area contributed by atoms with Crippen molar-refractivity contribution in [3.63, 3.8) is 0 Å². The van der Waals surface area contributed by atoms with Crippen LogP contribution in [-0.2, 0) is 4.79 Å². The Bertz CT molecular complexity index is 231. The first-order valence-electron chi connectivity index (χ1n) is 5.22. The third kappa shape index (κ3) is 3.81. The standard InChI is InChI=1S/C10H16F3NO/c11-10(12,13)7-3-4-8(15)9(14)5-1-2-6-9/h1-7,14H2. The summed E-state index contributed by atoms with van der Waals surface area (Å²) in [6, 6.07) is 0. The SMILES string of the molecule is NC1(C(=O)CCCC(F)(F)F)CCCC1. The number of hydrogen-bond donors (Lipinski definition) is 1. The maximum absolute atomic E-state index is 11.8. The summed E-state index contributed by atoms with van der Waals surface area (Å²) in [7, 11) is 0. The number of ketones is 1. The molecule has 0 aromatic rings. The zero-order valence-corrected chi connectivity index (χ0v) is 8.57. The predicted octanol–water partition coefficient (Wildman–Crippen LogP) is 2.56. The van der Waals surface area contributed by atoms with Gasteiger partial charge >= 0.3 is 6.18 Å². The van der Waals surface area contributed by atoms with E-state index < -0.39 is 18.1 Å². The van der Waals surface area contributed by atoms with Crippen LogP contribution in [0.3, 0.4) is 0 Å². The Morgan fingerprint density at radius 1 is 1.27 bits per heavy atom. The quantitative estimate of drug-likeness (QED) is 0.795. The molecule has 1 aliphatic rings. The van der Waals surface area contributed by atoms with E-state index in [1.165, 1.54) is 0 Å². The summed E-state index contributed by atoms with van der Waals surface area (Å²) in [5.41, 5.74) is 4.99. The van der Waals surface area contributed by atoms with Gasteiger partial charge in [0, 0.05) is 12.8 Å². The zero-order valence-electron chi connectivity index (χ0n) is 8.57. The Morgan fingerprint density at radius 3 is 2.27 bits per heavy atom. The van der Waals surface area contributed by atoms with Gasteiger partial charge in [-0.1, -0.05) is 12.8 Å². The Labute approximate surface area is 87.0 Å². The van der Waals surface area contributed by atoms with Gasteiger partial charge in [-0.05, 0) is 19.3 Å². The minimum atomic E-state index is -4.17. The van der Waals surface area contributed by atoms with Gasteiger partial charge in [0.05, 0.1) is 5.54 Å². The molecule has 2 nitrogen and oxygen atoms in total. The molecule has 15 heavy (non-hydrogen) atoms. The van der Waals surface area contributed by atoms with E-state index >= 15 is 0 Å². The molecule has 0 aliphatic heterocycles. The van der Waals surface area contributed by atoms with Gasteiger partial charge in [0.2, 0.25) is 0 Å². The Balaban J connectivity index is 2.30. The lowest BCUT2D eigenvalue weighted by Crippen LogP contribution is -2.45. The van der Waals surface area contributed by atoms with Crippen LogP contribution in [0.15, 0.2) is 0 Å². The fraction of sp³-hybridized carbons (Fsp3) is 0.900. The molecule has 0 spiro atoms. The van der Waals surface area contributed by atoms with Gasteiger partial charge < -0.3 is 5.73 Å². The van der Waals surface area contributed by atoms with Gasteiger partial charge in [-0.3, -0.25) is 4.79 Å². The van der Waals surface area contributed by atoms with Gasteiger partial charge in [-0.25, -0.2) is 0 Å². The van der Waals surface area contributed by atoms with Gasteiger partial charge in [-0.15, -0.1) is 0 Å². The smallest absolute Gasteiger partial charge is 0.319 e. The highest BCUT2D eigenvalue weighted by Gasteiger charge is 2.36. The number of hydrogen-bond acceptors (Lipinski definition) is 2. The van der Waals surface area contributed by atoms with E-state index in [4.69, 9.17) is 5.73 Å². The molecule has 0 aromatic heterocycles. The van der Waals surface area contributed by atoms with Crippen molar-refractivity contribution in [3.8, 4) is 0 Å². The normalized spacial score (nSPS) is 20.5. The first-order chi connectivity index (χ1) is 6.83. The van der Waals surface area contributed by atoms with Crippen molar-refractivity contribution >= 4 is 5.78 Å². The minimum absolute atomic E-state index is 0.0456.